The summed E-state index contributed by atoms with van der Waals surface area (Å²) in [6.45, 7) is 4.35. The molecule has 0 aliphatic heterocycles. The molecule has 5 aromatic rings. The molecule has 3 aromatic carbocycles. The van der Waals surface area contributed by atoms with E-state index in [2.05, 4.69) is 48.4 Å². The van der Waals surface area contributed by atoms with Gasteiger partial charge in [0.05, 0.1) is 22.5 Å². The number of nitrogens with one attached hydrogen (secondary N) is 1. The fourth-order valence-electron chi connectivity index (χ4n) is 3.80. The van der Waals surface area contributed by atoms with Crippen molar-refractivity contribution in [2.75, 3.05) is 5.32 Å². The van der Waals surface area contributed by atoms with Gasteiger partial charge in [0, 0.05) is 26.9 Å². The third-order valence-corrected chi connectivity index (χ3v) is 6.71. The van der Waals surface area contributed by atoms with Gasteiger partial charge in [-0.3, -0.25) is 10.1 Å². The van der Waals surface area contributed by atoms with Gasteiger partial charge >= 0.3 is 0 Å². The summed E-state index contributed by atoms with van der Waals surface area (Å²) in [6, 6.07) is 25.3. The lowest BCUT2D eigenvalue weighted by atomic mass is 10.0. The summed E-state index contributed by atoms with van der Waals surface area (Å²) in [5, 5.41) is 6.94. The van der Waals surface area contributed by atoms with Crippen LogP contribution in [0.2, 0.25) is 5.02 Å². The Balaban J connectivity index is 1.45. The van der Waals surface area contributed by atoms with Crippen LogP contribution in [-0.4, -0.2) is 15.9 Å². The van der Waals surface area contributed by atoms with Crippen LogP contribution in [0.25, 0.3) is 33.4 Å². The monoisotopic (exact) mass is 483 g/mol. The van der Waals surface area contributed by atoms with Gasteiger partial charge in [-0.05, 0) is 35.7 Å². The zero-order chi connectivity index (χ0) is 23.7. The molecule has 0 fully saturated rings. The largest absolute Gasteiger partial charge is 0.298 e. The number of carbonyl (C=O) groups is 1. The highest BCUT2D eigenvalue weighted by atomic mass is 35.5. The number of aromatic nitrogens is 2. The lowest BCUT2D eigenvalue weighted by molar-refractivity contribution is 0.102. The van der Waals surface area contributed by atoms with Crippen molar-refractivity contribution in [3.05, 3.63) is 100 Å². The summed E-state index contributed by atoms with van der Waals surface area (Å²) < 4.78 is 0. The van der Waals surface area contributed by atoms with Crippen molar-refractivity contribution >= 4 is 44.9 Å². The average molecular weight is 484 g/mol. The number of nitrogens with zero attached hydrogens (tertiary/aromatic N) is 2. The van der Waals surface area contributed by atoms with E-state index in [0.717, 1.165) is 27.7 Å². The third-order valence-electron chi connectivity index (χ3n) is 5.70. The van der Waals surface area contributed by atoms with Crippen molar-refractivity contribution in [3.63, 3.8) is 0 Å². The molecule has 0 atom stereocenters. The molecule has 34 heavy (non-hydrogen) atoms. The molecule has 0 unspecified atom stereocenters. The summed E-state index contributed by atoms with van der Waals surface area (Å²) >= 11 is 7.46. The number of hydrogen-bond donors (Lipinski definition) is 1. The number of benzene rings is 3. The molecule has 0 aliphatic rings. The molecular formula is C28H22ClN3OS. The molecule has 5 rings (SSSR count). The normalized spacial score (nSPS) is 11.2. The van der Waals surface area contributed by atoms with Crippen LogP contribution in [-0.2, 0) is 0 Å². The number of carbonyl (C=O) groups excluding carboxylic acids is 1. The Hall–Kier alpha value is -3.54. The number of halogens is 1. The van der Waals surface area contributed by atoms with Crippen LogP contribution in [0.3, 0.4) is 0 Å². The average Bonchev–Trinajstić information content (AvgIpc) is 3.32. The predicted molar refractivity (Wildman–Crippen MR) is 142 cm³/mol. The molecule has 1 amide bonds. The standard InChI is InChI=1S/C28H22ClN3OS/c1-17(2)18-7-9-20(10-8-18)26-16-34-28(31-26)32-27(33)23-15-25(19-11-13-21(29)14-12-19)30-24-6-4-3-5-22(23)24/h3-17H,1-2H3,(H,31,32,33). The van der Waals surface area contributed by atoms with Gasteiger partial charge in [-0.15, -0.1) is 11.3 Å². The fraction of sp³-hybridized carbons (Fsp3) is 0.107. The first-order valence-corrected chi connectivity index (χ1v) is 12.3. The Bertz CT molecular complexity index is 1470. The molecule has 0 radical (unpaired) electrons. The molecule has 0 saturated heterocycles. The van der Waals surface area contributed by atoms with Gasteiger partial charge in [-0.1, -0.05) is 80.0 Å². The fourth-order valence-corrected chi connectivity index (χ4v) is 4.64. The molecule has 0 aliphatic carbocycles. The zero-order valence-electron chi connectivity index (χ0n) is 18.7. The number of amides is 1. The van der Waals surface area contributed by atoms with E-state index in [9.17, 15) is 4.79 Å². The smallest absolute Gasteiger partial charge is 0.258 e. The minimum Gasteiger partial charge on any atom is -0.298 e. The van der Waals surface area contributed by atoms with E-state index in [1.54, 1.807) is 0 Å². The maximum Gasteiger partial charge on any atom is 0.258 e. The van der Waals surface area contributed by atoms with Crippen LogP contribution < -0.4 is 5.32 Å². The van der Waals surface area contributed by atoms with Gasteiger partial charge in [-0.2, -0.15) is 0 Å². The maximum atomic E-state index is 13.3. The summed E-state index contributed by atoms with van der Waals surface area (Å²) in [5.74, 6) is 0.261. The highest BCUT2D eigenvalue weighted by Gasteiger charge is 2.16. The van der Waals surface area contributed by atoms with Crippen LogP contribution in [0.15, 0.2) is 84.2 Å². The Labute approximate surface area is 207 Å². The summed E-state index contributed by atoms with van der Waals surface area (Å²) in [6.07, 6.45) is 0. The first-order chi connectivity index (χ1) is 16.5. The van der Waals surface area contributed by atoms with Gasteiger partial charge in [0.15, 0.2) is 5.13 Å². The molecule has 168 valence electrons. The van der Waals surface area contributed by atoms with Crippen molar-refractivity contribution in [2.45, 2.75) is 19.8 Å². The van der Waals surface area contributed by atoms with Crippen LogP contribution in [0.1, 0.15) is 35.7 Å². The lowest BCUT2D eigenvalue weighted by Crippen LogP contribution is -2.13. The van der Waals surface area contributed by atoms with Crippen molar-refractivity contribution in [1.82, 2.24) is 9.97 Å². The first kappa shape index (κ1) is 22.3. The molecule has 2 aromatic heterocycles. The summed E-state index contributed by atoms with van der Waals surface area (Å²) in [4.78, 5) is 22.7. The van der Waals surface area contributed by atoms with Crippen molar-refractivity contribution in [2.24, 2.45) is 0 Å². The number of pyridine rings is 1. The molecular weight excluding hydrogens is 462 g/mol. The van der Waals surface area contributed by atoms with Gasteiger partial charge in [0.1, 0.15) is 0 Å². The van der Waals surface area contributed by atoms with E-state index in [0.29, 0.717) is 27.3 Å². The van der Waals surface area contributed by atoms with Crippen molar-refractivity contribution in [1.29, 1.82) is 0 Å². The Morgan fingerprint density at radius 1 is 0.882 bits per heavy atom. The molecule has 0 spiro atoms. The van der Waals surface area contributed by atoms with Crippen LogP contribution in [0.5, 0.6) is 0 Å². The molecule has 0 saturated carbocycles. The lowest BCUT2D eigenvalue weighted by Gasteiger charge is -2.10. The SMILES string of the molecule is CC(C)c1ccc(-c2csc(NC(=O)c3cc(-c4ccc(Cl)cc4)nc4ccccc34)n2)cc1. The first-order valence-electron chi connectivity index (χ1n) is 11.0. The van der Waals surface area contributed by atoms with Gasteiger partial charge in [0.25, 0.3) is 5.91 Å². The third kappa shape index (κ3) is 4.58. The van der Waals surface area contributed by atoms with E-state index in [1.165, 1.54) is 16.9 Å². The second kappa shape index (κ2) is 9.37. The minimum absolute atomic E-state index is 0.218. The molecule has 1 N–H and O–H groups in total. The molecule has 2 heterocycles. The summed E-state index contributed by atoms with van der Waals surface area (Å²) in [5.41, 5.74) is 6.07. The van der Waals surface area contributed by atoms with Gasteiger partial charge in [-0.25, -0.2) is 9.97 Å². The van der Waals surface area contributed by atoms with Gasteiger partial charge in [0.2, 0.25) is 0 Å². The predicted octanol–water partition coefficient (Wildman–Crippen LogP) is 8.05. The quantitative estimate of drug-likeness (QED) is 0.275. The number of fused-ring (bicyclic) bond motifs is 1. The maximum absolute atomic E-state index is 13.3. The number of para-hydroxylation sites is 1. The highest BCUT2D eigenvalue weighted by Crippen LogP contribution is 2.29. The van der Waals surface area contributed by atoms with E-state index in [1.807, 2.05) is 60.0 Å². The van der Waals surface area contributed by atoms with Crippen molar-refractivity contribution in [3.8, 4) is 22.5 Å². The van der Waals surface area contributed by atoms with E-state index in [-0.39, 0.29) is 5.91 Å². The van der Waals surface area contributed by atoms with Crippen molar-refractivity contribution < 1.29 is 4.79 Å². The zero-order valence-corrected chi connectivity index (χ0v) is 20.3. The number of anilines is 1. The van der Waals surface area contributed by atoms with Gasteiger partial charge < -0.3 is 0 Å². The second-order valence-corrected chi connectivity index (χ2v) is 9.64. The Morgan fingerprint density at radius 3 is 2.29 bits per heavy atom. The molecule has 6 heteroatoms. The van der Waals surface area contributed by atoms with E-state index < -0.39 is 0 Å². The minimum atomic E-state index is -0.218. The van der Waals surface area contributed by atoms with E-state index >= 15 is 0 Å². The Kier molecular flexibility index (Phi) is 6.14. The number of rotatable bonds is 5. The topological polar surface area (TPSA) is 54.9 Å². The second-order valence-electron chi connectivity index (χ2n) is 8.35. The highest BCUT2D eigenvalue weighted by molar-refractivity contribution is 7.14. The number of thiazole rings is 1. The number of hydrogen-bond acceptors (Lipinski definition) is 4. The van der Waals surface area contributed by atoms with Crippen LogP contribution >= 0.6 is 22.9 Å². The van der Waals surface area contributed by atoms with E-state index in [4.69, 9.17) is 16.6 Å². The van der Waals surface area contributed by atoms with Crippen LogP contribution in [0.4, 0.5) is 5.13 Å². The molecule has 4 nitrogen and oxygen atoms in total. The molecule has 0 bridgehead atoms. The van der Waals surface area contributed by atoms with Crippen LogP contribution in [0, 0.1) is 0 Å². The Morgan fingerprint density at radius 2 is 1.56 bits per heavy atom. The summed E-state index contributed by atoms with van der Waals surface area (Å²) in [7, 11) is 0.